The Morgan fingerprint density at radius 3 is 2.48 bits per heavy atom. The predicted octanol–water partition coefficient (Wildman–Crippen LogP) is 4.48. The molecule has 3 rings (SSSR count). The van der Waals surface area contributed by atoms with Crippen LogP contribution in [0, 0.1) is 6.92 Å². The molecule has 0 aliphatic carbocycles. The number of carbonyl (C=O) groups is 3. The van der Waals surface area contributed by atoms with E-state index in [0.29, 0.717) is 28.4 Å². The molecule has 1 saturated heterocycles. The summed E-state index contributed by atoms with van der Waals surface area (Å²) in [7, 11) is 1.45. The first-order chi connectivity index (χ1) is 14.8. The number of amides is 2. The molecule has 162 valence electrons. The van der Waals surface area contributed by atoms with Crippen LogP contribution < -0.4 is 9.47 Å². The number of benzene rings is 2. The van der Waals surface area contributed by atoms with Gasteiger partial charge in [0.15, 0.2) is 17.6 Å². The fraction of sp³-hybridized carbons (Fsp3) is 0.261. The van der Waals surface area contributed by atoms with Gasteiger partial charge in [0.05, 0.1) is 18.6 Å². The van der Waals surface area contributed by atoms with Crippen LogP contribution in [0.4, 0.5) is 4.79 Å². The Morgan fingerprint density at radius 2 is 1.87 bits per heavy atom. The molecule has 1 unspecified atom stereocenters. The number of carboxylic acids is 1. The van der Waals surface area contributed by atoms with Crippen LogP contribution >= 0.6 is 11.8 Å². The van der Waals surface area contributed by atoms with Gasteiger partial charge < -0.3 is 14.6 Å². The Morgan fingerprint density at radius 1 is 1.16 bits per heavy atom. The van der Waals surface area contributed by atoms with E-state index >= 15 is 0 Å². The zero-order chi connectivity index (χ0) is 22.5. The van der Waals surface area contributed by atoms with Gasteiger partial charge in [-0.1, -0.05) is 42.8 Å². The van der Waals surface area contributed by atoms with Crippen molar-refractivity contribution < 1.29 is 29.0 Å². The van der Waals surface area contributed by atoms with Crippen molar-refractivity contribution >= 4 is 35.0 Å². The maximum atomic E-state index is 12.8. The Balaban J connectivity index is 1.79. The Hall–Kier alpha value is -3.26. The minimum absolute atomic E-state index is 0.214. The molecule has 0 radical (unpaired) electrons. The predicted molar refractivity (Wildman–Crippen MR) is 118 cm³/mol. The molecule has 1 fully saturated rings. The van der Waals surface area contributed by atoms with Gasteiger partial charge in [0.2, 0.25) is 0 Å². The summed E-state index contributed by atoms with van der Waals surface area (Å²) in [5, 5.41) is 8.87. The number of imide groups is 1. The average molecular weight is 442 g/mol. The van der Waals surface area contributed by atoms with Gasteiger partial charge in [-0.2, -0.15) is 0 Å². The van der Waals surface area contributed by atoms with E-state index in [2.05, 4.69) is 0 Å². The molecular weight excluding hydrogens is 418 g/mol. The molecule has 1 aliphatic rings. The van der Waals surface area contributed by atoms with E-state index in [1.807, 2.05) is 31.2 Å². The highest BCUT2D eigenvalue weighted by atomic mass is 32.2. The van der Waals surface area contributed by atoms with Gasteiger partial charge in [0, 0.05) is 0 Å². The first-order valence-corrected chi connectivity index (χ1v) is 10.5. The molecular formula is C23H23NO6S. The summed E-state index contributed by atoms with van der Waals surface area (Å²) in [4.78, 5) is 37.9. The van der Waals surface area contributed by atoms with Gasteiger partial charge in [-0.05, 0) is 54.4 Å². The molecule has 2 amide bonds. The topological polar surface area (TPSA) is 93.1 Å². The van der Waals surface area contributed by atoms with E-state index < -0.39 is 12.1 Å². The van der Waals surface area contributed by atoms with E-state index in [9.17, 15) is 19.5 Å². The summed E-state index contributed by atoms with van der Waals surface area (Å²) >= 11 is 0.884. The molecule has 1 aliphatic heterocycles. The molecule has 1 atom stereocenters. The highest BCUT2D eigenvalue weighted by Crippen LogP contribution is 2.35. The second-order valence-electron chi connectivity index (χ2n) is 7.02. The van der Waals surface area contributed by atoms with Gasteiger partial charge >= 0.3 is 5.97 Å². The standard InChI is InChI=1S/C23H23NO6S/c1-4-17(22(26)27)30-18-10-9-16(11-19(18)29-3)12-20-21(25)24(23(28)31-20)13-15-7-5-14(2)6-8-15/h5-12,17H,4,13H2,1-3H3,(H,26,27)/b20-12+. The second kappa shape index (κ2) is 9.70. The fourth-order valence-corrected chi connectivity index (χ4v) is 3.83. The van der Waals surface area contributed by atoms with Crippen molar-refractivity contribution in [2.75, 3.05) is 7.11 Å². The Labute approximate surface area is 184 Å². The number of rotatable bonds is 8. The summed E-state index contributed by atoms with van der Waals surface area (Å²) in [6, 6.07) is 12.6. The minimum atomic E-state index is -1.06. The summed E-state index contributed by atoms with van der Waals surface area (Å²) < 4.78 is 10.8. The number of hydrogen-bond donors (Lipinski definition) is 1. The molecule has 7 nitrogen and oxygen atoms in total. The molecule has 8 heteroatoms. The molecule has 1 heterocycles. The number of aliphatic carboxylic acids is 1. The SMILES string of the molecule is CCC(Oc1ccc(/C=C2/SC(=O)N(Cc3ccc(C)cc3)C2=O)cc1OC)C(=O)O. The summed E-state index contributed by atoms with van der Waals surface area (Å²) in [5.41, 5.74) is 2.61. The zero-order valence-electron chi connectivity index (χ0n) is 17.5. The maximum Gasteiger partial charge on any atom is 0.344 e. The van der Waals surface area contributed by atoms with E-state index in [4.69, 9.17) is 9.47 Å². The Bertz CT molecular complexity index is 1030. The van der Waals surface area contributed by atoms with E-state index in [0.717, 1.165) is 22.9 Å². The third kappa shape index (κ3) is 5.27. The van der Waals surface area contributed by atoms with E-state index in [-0.39, 0.29) is 17.7 Å². The maximum absolute atomic E-state index is 12.8. The number of carboxylic acid groups (broad SMARTS) is 1. The second-order valence-corrected chi connectivity index (χ2v) is 8.01. The summed E-state index contributed by atoms with van der Waals surface area (Å²) in [6.45, 7) is 3.90. The van der Waals surface area contributed by atoms with Gasteiger partial charge in [-0.15, -0.1) is 0 Å². The smallest absolute Gasteiger partial charge is 0.344 e. The largest absolute Gasteiger partial charge is 0.493 e. The molecule has 31 heavy (non-hydrogen) atoms. The molecule has 2 aromatic rings. The van der Waals surface area contributed by atoms with Gasteiger partial charge in [0.1, 0.15) is 0 Å². The van der Waals surface area contributed by atoms with Crippen molar-refractivity contribution in [1.29, 1.82) is 0 Å². The van der Waals surface area contributed by atoms with E-state index in [1.54, 1.807) is 31.2 Å². The van der Waals surface area contributed by atoms with Crippen LogP contribution in [0.25, 0.3) is 6.08 Å². The lowest BCUT2D eigenvalue weighted by Gasteiger charge is -2.16. The van der Waals surface area contributed by atoms with Crippen LogP contribution in [0.15, 0.2) is 47.4 Å². The first kappa shape index (κ1) is 22.4. The van der Waals surface area contributed by atoms with Crippen molar-refractivity contribution in [2.24, 2.45) is 0 Å². The monoisotopic (exact) mass is 441 g/mol. The normalized spacial score (nSPS) is 16.0. The Kier molecular flexibility index (Phi) is 7.02. The number of carbonyl (C=O) groups excluding carboxylic acids is 2. The van der Waals surface area contributed by atoms with Crippen molar-refractivity contribution in [2.45, 2.75) is 32.9 Å². The van der Waals surface area contributed by atoms with Gasteiger partial charge in [-0.3, -0.25) is 14.5 Å². The highest BCUT2D eigenvalue weighted by Gasteiger charge is 2.35. The molecule has 0 aromatic heterocycles. The van der Waals surface area contributed by atoms with Crippen molar-refractivity contribution in [1.82, 2.24) is 4.90 Å². The lowest BCUT2D eigenvalue weighted by atomic mass is 10.1. The number of thioether (sulfide) groups is 1. The van der Waals surface area contributed by atoms with Gasteiger partial charge in [-0.25, -0.2) is 4.79 Å². The van der Waals surface area contributed by atoms with Crippen LogP contribution in [0.5, 0.6) is 11.5 Å². The average Bonchev–Trinajstić information content (AvgIpc) is 3.01. The van der Waals surface area contributed by atoms with Crippen molar-refractivity contribution in [3.63, 3.8) is 0 Å². The quantitative estimate of drug-likeness (QED) is 0.604. The fourth-order valence-electron chi connectivity index (χ4n) is 3.00. The lowest BCUT2D eigenvalue weighted by Crippen LogP contribution is -2.27. The third-order valence-corrected chi connectivity index (χ3v) is 5.64. The van der Waals surface area contributed by atoms with Crippen LogP contribution in [0.3, 0.4) is 0 Å². The van der Waals surface area contributed by atoms with Crippen LogP contribution in [-0.2, 0) is 16.1 Å². The number of nitrogens with zero attached hydrogens (tertiary/aromatic N) is 1. The number of methoxy groups -OCH3 is 1. The first-order valence-electron chi connectivity index (χ1n) is 9.70. The van der Waals surface area contributed by atoms with Crippen molar-refractivity contribution in [3.8, 4) is 11.5 Å². The molecule has 2 aromatic carbocycles. The number of hydrogen-bond acceptors (Lipinski definition) is 6. The highest BCUT2D eigenvalue weighted by molar-refractivity contribution is 8.18. The third-order valence-electron chi connectivity index (χ3n) is 4.74. The van der Waals surface area contributed by atoms with Gasteiger partial charge in [0.25, 0.3) is 11.1 Å². The van der Waals surface area contributed by atoms with Crippen LogP contribution in [0.1, 0.15) is 30.0 Å². The summed E-state index contributed by atoms with van der Waals surface area (Å²) in [5.74, 6) is -0.781. The number of ether oxygens (including phenoxy) is 2. The molecule has 0 spiro atoms. The number of aryl methyl sites for hydroxylation is 1. The van der Waals surface area contributed by atoms with Crippen LogP contribution in [-0.4, -0.2) is 40.3 Å². The molecule has 0 bridgehead atoms. The van der Waals surface area contributed by atoms with Crippen molar-refractivity contribution in [3.05, 3.63) is 64.1 Å². The molecule has 1 N–H and O–H groups in total. The zero-order valence-corrected chi connectivity index (χ0v) is 18.3. The molecule has 0 saturated carbocycles. The minimum Gasteiger partial charge on any atom is -0.493 e. The summed E-state index contributed by atoms with van der Waals surface area (Å²) in [6.07, 6.45) is 0.924. The lowest BCUT2D eigenvalue weighted by molar-refractivity contribution is -0.145. The van der Waals surface area contributed by atoms with Crippen LogP contribution in [0.2, 0.25) is 0 Å². The van der Waals surface area contributed by atoms with E-state index in [1.165, 1.54) is 12.0 Å².